The summed E-state index contributed by atoms with van der Waals surface area (Å²) in [6.07, 6.45) is -2.91. The summed E-state index contributed by atoms with van der Waals surface area (Å²) in [5.74, 6) is -4.69. The number of alkyl halides is 5. The number of nitrogens with one attached hydrogen (secondary N) is 1. The summed E-state index contributed by atoms with van der Waals surface area (Å²) < 4.78 is 65.5. The molecule has 180 valence electrons. The smallest absolute Gasteiger partial charge is 0.343 e. The molecule has 1 N–H and O–H groups in total. The van der Waals surface area contributed by atoms with E-state index in [2.05, 4.69) is 15.3 Å². The molecule has 35 heavy (non-hydrogen) atoms. The number of nitriles is 1. The van der Waals surface area contributed by atoms with Crippen molar-refractivity contribution in [2.75, 3.05) is 13.1 Å². The van der Waals surface area contributed by atoms with Gasteiger partial charge in [0.25, 0.3) is 11.8 Å². The van der Waals surface area contributed by atoms with Crippen LogP contribution in [0.4, 0.5) is 22.0 Å². The van der Waals surface area contributed by atoms with Gasteiger partial charge in [0.05, 0.1) is 30.2 Å². The van der Waals surface area contributed by atoms with Crippen LogP contribution in [0.2, 0.25) is 0 Å². The number of carbonyl (C=O) groups is 2. The average Bonchev–Trinajstić information content (AvgIpc) is 3.15. The zero-order valence-electron chi connectivity index (χ0n) is 17.8. The molecule has 7 nitrogen and oxygen atoms in total. The molecular weight excluding hydrogens is 473 g/mol. The number of amides is 2. The number of benzene rings is 1. The maximum atomic E-state index is 13.6. The lowest BCUT2D eigenvalue weighted by Crippen LogP contribution is -2.43. The second-order valence-electron chi connectivity index (χ2n) is 7.93. The number of carbonyl (C=O) groups excluding carboxylic acids is 2. The number of halogens is 5. The number of rotatable bonds is 4. The van der Waals surface area contributed by atoms with Gasteiger partial charge in [0.2, 0.25) is 5.91 Å². The Labute approximate surface area is 195 Å². The summed E-state index contributed by atoms with van der Waals surface area (Å²) in [5.41, 5.74) is 0.350. The van der Waals surface area contributed by atoms with Crippen LogP contribution >= 0.6 is 0 Å². The van der Waals surface area contributed by atoms with E-state index in [0.29, 0.717) is 22.0 Å². The maximum Gasteiger partial charge on any atom is 0.433 e. The first-order valence-electron chi connectivity index (χ1n) is 10.3. The molecule has 3 heterocycles. The highest BCUT2D eigenvalue weighted by atomic mass is 19.4. The Hall–Kier alpha value is -4.14. The molecule has 12 heteroatoms. The fraction of sp³-hybridized carbons (Fsp3) is 0.261. The van der Waals surface area contributed by atoms with E-state index in [9.17, 15) is 31.5 Å². The summed E-state index contributed by atoms with van der Waals surface area (Å²) >= 11 is 0. The van der Waals surface area contributed by atoms with Crippen LogP contribution in [0.5, 0.6) is 0 Å². The van der Waals surface area contributed by atoms with Gasteiger partial charge in [-0.15, -0.1) is 0 Å². The largest absolute Gasteiger partial charge is 0.433 e. The van der Waals surface area contributed by atoms with E-state index < -0.39 is 55.2 Å². The molecule has 0 aliphatic carbocycles. The molecule has 2 aromatic heterocycles. The third-order valence-electron chi connectivity index (χ3n) is 5.51. The summed E-state index contributed by atoms with van der Waals surface area (Å²) in [6, 6.07) is 8.61. The van der Waals surface area contributed by atoms with Gasteiger partial charge in [-0.3, -0.25) is 19.6 Å². The zero-order chi connectivity index (χ0) is 25.4. The van der Waals surface area contributed by atoms with E-state index in [1.807, 2.05) is 0 Å². The second kappa shape index (κ2) is 8.90. The minimum Gasteiger partial charge on any atom is -0.343 e. The van der Waals surface area contributed by atoms with Crippen molar-refractivity contribution in [3.63, 3.8) is 0 Å². The van der Waals surface area contributed by atoms with Gasteiger partial charge in [-0.1, -0.05) is 12.1 Å². The van der Waals surface area contributed by atoms with E-state index in [4.69, 9.17) is 5.26 Å². The van der Waals surface area contributed by atoms with E-state index in [1.54, 1.807) is 24.3 Å². The Kier molecular flexibility index (Phi) is 6.10. The summed E-state index contributed by atoms with van der Waals surface area (Å²) in [7, 11) is 0. The standard InChI is InChI=1S/C23H16F5N5O2/c24-22(25)8-15(9-29)33(12-22)20(34)11-32-21(35)16-5-6-30-18-3-1-13(7-17(16)18)14-2-4-19(31-10-14)23(26,27)28/h1-7,10,15H,8,11-12H2,(H,32,35)/t15-/m0/s1. The Balaban J connectivity index is 1.55. The fourth-order valence-electron chi connectivity index (χ4n) is 3.80. The van der Waals surface area contributed by atoms with Crippen molar-refractivity contribution in [1.29, 1.82) is 5.26 Å². The predicted molar refractivity (Wildman–Crippen MR) is 113 cm³/mol. The van der Waals surface area contributed by atoms with E-state index in [1.165, 1.54) is 18.3 Å². The molecule has 1 aromatic carbocycles. The monoisotopic (exact) mass is 489 g/mol. The molecule has 1 fully saturated rings. The third kappa shape index (κ3) is 5.03. The fourth-order valence-corrected chi connectivity index (χ4v) is 3.80. The lowest BCUT2D eigenvalue weighted by Gasteiger charge is -2.19. The summed E-state index contributed by atoms with van der Waals surface area (Å²) in [6.45, 7) is -1.50. The predicted octanol–water partition coefficient (Wildman–Crippen LogP) is 3.81. The van der Waals surface area contributed by atoms with Crippen LogP contribution in [0, 0.1) is 11.3 Å². The maximum absolute atomic E-state index is 13.6. The Morgan fingerprint density at radius 1 is 1.14 bits per heavy atom. The van der Waals surface area contributed by atoms with Crippen LogP contribution in [0.15, 0.2) is 48.8 Å². The van der Waals surface area contributed by atoms with Crippen LogP contribution in [0.3, 0.4) is 0 Å². The van der Waals surface area contributed by atoms with Gasteiger partial charge in [0.1, 0.15) is 11.7 Å². The molecular formula is C23H16F5N5O2. The van der Waals surface area contributed by atoms with Crippen molar-refractivity contribution < 1.29 is 31.5 Å². The number of likely N-dealkylation sites (tertiary alicyclic amines) is 1. The highest BCUT2D eigenvalue weighted by Gasteiger charge is 2.47. The summed E-state index contributed by atoms with van der Waals surface area (Å²) in [4.78, 5) is 33.5. The summed E-state index contributed by atoms with van der Waals surface area (Å²) in [5, 5.41) is 11.8. The normalized spacial score (nSPS) is 17.3. The molecule has 1 aliphatic rings. The lowest BCUT2D eigenvalue weighted by molar-refractivity contribution is -0.141. The van der Waals surface area contributed by atoms with Crippen LogP contribution in [-0.2, 0) is 11.0 Å². The van der Waals surface area contributed by atoms with E-state index in [0.717, 1.165) is 17.2 Å². The number of nitrogens with zero attached hydrogens (tertiary/aromatic N) is 4. The third-order valence-corrected chi connectivity index (χ3v) is 5.51. The van der Waals surface area contributed by atoms with Crippen LogP contribution in [0.25, 0.3) is 22.0 Å². The molecule has 2 amide bonds. The van der Waals surface area contributed by atoms with Crippen LogP contribution in [-0.4, -0.2) is 51.7 Å². The first-order valence-corrected chi connectivity index (χ1v) is 10.3. The molecule has 4 rings (SSSR count). The molecule has 0 bridgehead atoms. The number of hydrogen-bond acceptors (Lipinski definition) is 5. The average molecular weight is 489 g/mol. The van der Waals surface area contributed by atoms with Gasteiger partial charge in [-0.25, -0.2) is 8.78 Å². The Bertz CT molecular complexity index is 1330. The van der Waals surface area contributed by atoms with Gasteiger partial charge in [-0.05, 0) is 29.8 Å². The molecule has 0 unspecified atom stereocenters. The minimum atomic E-state index is -4.58. The van der Waals surface area contributed by atoms with Gasteiger partial charge in [0, 0.05) is 29.8 Å². The first kappa shape index (κ1) is 24.0. The lowest BCUT2D eigenvalue weighted by atomic mass is 10.0. The van der Waals surface area contributed by atoms with E-state index in [-0.39, 0.29) is 5.56 Å². The molecule has 0 saturated carbocycles. The second-order valence-corrected chi connectivity index (χ2v) is 7.93. The van der Waals surface area contributed by atoms with Crippen molar-refractivity contribution in [3.05, 3.63) is 60.0 Å². The van der Waals surface area contributed by atoms with Gasteiger partial charge in [-0.2, -0.15) is 18.4 Å². The SMILES string of the molecule is N#C[C@@H]1CC(F)(F)CN1C(=O)CNC(=O)c1ccnc2ccc(-c3ccc(C(F)(F)F)nc3)cc12. The van der Waals surface area contributed by atoms with Crippen molar-refractivity contribution >= 4 is 22.7 Å². The Morgan fingerprint density at radius 2 is 1.89 bits per heavy atom. The molecule has 3 aromatic rings. The molecule has 1 saturated heterocycles. The van der Waals surface area contributed by atoms with E-state index >= 15 is 0 Å². The highest BCUT2D eigenvalue weighted by molar-refractivity contribution is 6.07. The highest BCUT2D eigenvalue weighted by Crippen LogP contribution is 2.32. The number of aromatic nitrogens is 2. The number of hydrogen-bond donors (Lipinski definition) is 1. The van der Waals surface area contributed by atoms with Crippen molar-refractivity contribution in [1.82, 2.24) is 20.2 Å². The van der Waals surface area contributed by atoms with Gasteiger partial charge >= 0.3 is 6.18 Å². The van der Waals surface area contributed by atoms with Gasteiger partial charge in [0.15, 0.2) is 0 Å². The zero-order valence-corrected chi connectivity index (χ0v) is 17.8. The minimum absolute atomic E-state index is 0.119. The number of pyridine rings is 2. The molecule has 1 atom stereocenters. The first-order chi connectivity index (χ1) is 16.5. The molecule has 1 aliphatic heterocycles. The number of fused-ring (bicyclic) bond motifs is 1. The van der Waals surface area contributed by atoms with Gasteiger partial charge < -0.3 is 10.2 Å². The van der Waals surface area contributed by atoms with Crippen LogP contribution in [0.1, 0.15) is 22.5 Å². The van der Waals surface area contributed by atoms with Crippen LogP contribution < -0.4 is 5.32 Å². The molecule has 0 spiro atoms. The molecule has 0 radical (unpaired) electrons. The van der Waals surface area contributed by atoms with Crippen molar-refractivity contribution in [3.8, 4) is 17.2 Å². The quantitative estimate of drug-likeness (QED) is 0.562. The van der Waals surface area contributed by atoms with Crippen molar-refractivity contribution in [2.45, 2.75) is 24.6 Å². The van der Waals surface area contributed by atoms with Crippen molar-refractivity contribution in [2.24, 2.45) is 0 Å². The Morgan fingerprint density at radius 3 is 2.54 bits per heavy atom. The topological polar surface area (TPSA) is 99.0 Å².